The standard InChI is InChI=1S/C32H35FN6O3/c1-5-42-31(41)26-17-34-39(29(26)25-16-24(25)27-18-37(4)36-35-27)21-10-6-9-20(15-21)22-11-7-12-23(28(22)33)30(40)38-14-8-13-32(2,3)19-38/h6-7,9-12,15,17-18,24-25H,5,8,13-14,16,19H2,1-4H3/t24-,25-/m0/s1. The Morgan fingerprint density at radius 1 is 1.12 bits per heavy atom. The first-order chi connectivity index (χ1) is 20.2. The average molecular weight is 571 g/mol. The molecule has 2 aliphatic rings. The summed E-state index contributed by atoms with van der Waals surface area (Å²) in [6.07, 6.45) is 6.16. The number of aromatic nitrogens is 5. The second-order valence-corrected chi connectivity index (χ2v) is 12.1. The van der Waals surface area contributed by atoms with Gasteiger partial charge in [0.25, 0.3) is 5.91 Å². The van der Waals surface area contributed by atoms with E-state index in [2.05, 4.69) is 29.3 Å². The SMILES string of the molecule is CCOC(=O)c1cnn(-c2cccc(-c3cccc(C(=O)N4CCCC(C)(C)C4)c3F)c2)c1[C@H]1C[C@@H]1c1cn(C)nn1. The van der Waals surface area contributed by atoms with Gasteiger partial charge in [0.1, 0.15) is 11.4 Å². The molecule has 6 rings (SSSR count). The van der Waals surface area contributed by atoms with Gasteiger partial charge in [0.15, 0.2) is 0 Å². The molecule has 1 saturated heterocycles. The van der Waals surface area contributed by atoms with Crippen LogP contribution in [0.2, 0.25) is 0 Å². The summed E-state index contributed by atoms with van der Waals surface area (Å²) in [5.74, 6) is -1.15. The highest BCUT2D eigenvalue weighted by Gasteiger charge is 2.46. The van der Waals surface area contributed by atoms with Crippen LogP contribution in [0.4, 0.5) is 4.39 Å². The Bertz CT molecular complexity index is 1660. The number of rotatable bonds is 7. The van der Waals surface area contributed by atoms with Crippen LogP contribution < -0.4 is 0 Å². The van der Waals surface area contributed by atoms with E-state index in [-0.39, 0.29) is 35.3 Å². The van der Waals surface area contributed by atoms with E-state index < -0.39 is 11.8 Å². The Labute approximate surface area is 244 Å². The molecule has 1 amide bonds. The zero-order chi connectivity index (χ0) is 29.6. The molecule has 2 aromatic carbocycles. The second kappa shape index (κ2) is 10.8. The zero-order valence-corrected chi connectivity index (χ0v) is 24.4. The van der Waals surface area contributed by atoms with E-state index in [9.17, 15) is 9.59 Å². The number of ether oxygens (including phenoxy) is 1. The second-order valence-electron chi connectivity index (χ2n) is 12.1. The van der Waals surface area contributed by atoms with Crippen LogP contribution in [-0.4, -0.2) is 61.2 Å². The fourth-order valence-corrected chi connectivity index (χ4v) is 6.14. The molecule has 0 unspecified atom stereocenters. The smallest absolute Gasteiger partial charge is 0.341 e. The van der Waals surface area contributed by atoms with Gasteiger partial charge in [-0.3, -0.25) is 9.48 Å². The minimum atomic E-state index is -0.541. The summed E-state index contributed by atoms with van der Waals surface area (Å²) in [6.45, 7) is 7.53. The lowest BCUT2D eigenvalue weighted by Gasteiger charge is -2.38. The number of benzene rings is 2. The maximum atomic E-state index is 16.0. The highest BCUT2D eigenvalue weighted by molar-refractivity contribution is 5.96. The van der Waals surface area contributed by atoms with Crippen molar-refractivity contribution in [1.29, 1.82) is 0 Å². The van der Waals surface area contributed by atoms with Crippen molar-refractivity contribution in [2.75, 3.05) is 19.7 Å². The van der Waals surface area contributed by atoms with Crippen LogP contribution in [-0.2, 0) is 11.8 Å². The van der Waals surface area contributed by atoms with Gasteiger partial charge in [-0.05, 0) is 55.4 Å². The number of nitrogens with zero attached hydrogens (tertiary/aromatic N) is 6. The highest BCUT2D eigenvalue weighted by atomic mass is 19.1. The van der Waals surface area contributed by atoms with Crippen molar-refractivity contribution in [2.24, 2.45) is 12.5 Å². The van der Waals surface area contributed by atoms with E-state index in [1.807, 2.05) is 37.5 Å². The summed E-state index contributed by atoms with van der Waals surface area (Å²) in [5.41, 5.74) is 3.70. The molecule has 3 heterocycles. The fourth-order valence-electron chi connectivity index (χ4n) is 6.14. The van der Waals surface area contributed by atoms with E-state index in [0.29, 0.717) is 35.5 Å². The third-order valence-electron chi connectivity index (χ3n) is 8.26. The molecule has 1 aliphatic heterocycles. The van der Waals surface area contributed by atoms with Gasteiger partial charge < -0.3 is 9.64 Å². The lowest BCUT2D eigenvalue weighted by Crippen LogP contribution is -2.43. The lowest BCUT2D eigenvalue weighted by molar-refractivity contribution is 0.0524. The number of hydrogen-bond donors (Lipinski definition) is 0. The number of carbonyl (C=O) groups is 2. The molecule has 2 atom stereocenters. The molecule has 1 aliphatic carbocycles. The van der Waals surface area contributed by atoms with Crippen LogP contribution in [0.1, 0.15) is 84.0 Å². The Morgan fingerprint density at radius 2 is 1.93 bits per heavy atom. The fraction of sp³-hybridized carbons (Fsp3) is 0.406. The Morgan fingerprint density at radius 3 is 2.67 bits per heavy atom. The van der Waals surface area contributed by atoms with Gasteiger partial charge >= 0.3 is 5.97 Å². The molecule has 0 radical (unpaired) electrons. The predicted octanol–water partition coefficient (Wildman–Crippen LogP) is 5.52. The van der Waals surface area contributed by atoms with Gasteiger partial charge in [0.05, 0.1) is 35.4 Å². The van der Waals surface area contributed by atoms with E-state index in [1.165, 1.54) is 6.20 Å². The molecule has 1 saturated carbocycles. The van der Waals surface area contributed by atoms with Crippen molar-refractivity contribution in [3.05, 3.63) is 83.2 Å². The minimum absolute atomic E-state index is 0.00117. The molecule has 218 valence electrons. The van der Waals surface area contributed by atoms with Gasteiger partial charge in [-0.25, -0.2) is 13.9 Å². The molecular weight excluding hydrogens is 535 g/mol. The summed E-state index contributed by atoms with van der Waals surface area (Å²) in [7, 11) is 1.82. The van der Waals surface area contributed by atoms with Crippen LogP contribution in [0.5, 0.6) is 0 Å². The van der Waals surface area contributed by atoms with Crippen LogP contribution in [0.3, 0.4) is 0 Å². The molecule has 4 aromatic rings. The maximum absolute atomic E-state index is 16.0. The van der Waals surface area contributed by atoms with Crippen molar-refractivity contribution in [1.82, 2.24) is 29.7 Å². The quantitative estimate of drug-likeness (QED) is 0.272. The summed E-state index contributed by atoms with van der Waals surface area (Å²) >= 11 is 0. The topological polar surface area (TPSA) is 95.1 Å². The molecule has 0 N–H and O–H groups in total. The van der Waals surface area contributed by atoms with Gasteiger partial charge in [-0.2, -0.15) is 5.10 Å². The molecule has 9 nitrogen and oxygen atoms in total. The first kappa shape index (κ1) is 27.8. The summed E-state index contributed by atoms with van der Waals surface area (Å²) in [4.78, 5) is 28.1. The highest BCUT2D eigenvalue weighted by Crippen LogP contribution is 2.55. The summed E-state index contributed by atoms with van der Waals surface area (Å²) in [5, 5.41) is 12.9. The molecule has 10 heteroatoms. The maximum Gasteiger partial charge on any atom is 0.341 e. The predicted molar refractivity (Wildman–Crippen MR) is 155 cm³/mol. The van der Waals surface area contributed by atoms with Crippen LogP contribution in [0, 0.1) is 11.2 Å². The van der Waals surface area contributed by atoms with Gasteiger partial charge in [0, 0.05) is 43.7 Å². The lowest BCUT2D eigenvalue weighted by atomic mass is 9.84. The third-order valence-corrected chi connectivity index (χ3v) is 8.26. The zero-order valence-electron chi connectivity index (χ0n) is 24.4. The number of piperidine rings is 1. The summed E-state index contributed by atoms with van der Waals surface area (Å²) in [6, 6.07) is 12.3. The van der Waals surface area contributed by atoms with Crippen molar-refractivity contribution < 1.29 is 18.7 Å². The number of esters is 1. The van der Waals surface area contributed by atoms with Crippen LogP contribution in [0.25, 0.3) is 16.8 Å². The monoisotopic (exact) mass is 570 g/mol. The van der Waals surface area contributed by atoms with E-state index in [4.69, 9.17) is 4.74 Å². The minimum Gasteiger partial charge on any atom is -0.462 e. The molecule has 2 fully saturated rings. The van der Waals surface area contributed by atoms with Gasteiger partial charge in [0.2, 0.25) is 0 Å². The molecular formula is C32H35FN6O3. The number of aryl methyl sites for hydroxylation is 1. The largest absolute Gasteiger partial charge is 0.462 e. The van der Waals surface area contributed by atoms with Crippen LogP contribution >= 0.6 is 0 Å². The van der Waals surface area contributed by atoms with Crippen molar-refractivity contribution in [3.8, 4) is 16.8 Å². The number of likely N-dealkylation sites (tertiary alicyclic amines) is 1. The van der Waals surface area contributed by atoms with E-state index in [0.717, 1.165) is 30.7 Å². The van der Waals surface area contributed by atoms with E-state index in [1.54, 1.807) is 39.4 Å². The first-order valence-electron chi connectivity index (χ1n) is 14.5. The number of amides is 1. The van der Waals surface area contributed by atoms with Crippen molar-refractivity contribution >= 4 is 11.9 Å². The normalized spacial score (nSPS) is 19.5. The molecule has 0 bridgehead atoms. The number of halogens is 1. The first-order valence-corrected chi connectivity index (χ1v) is 14.5. The van der Waals surface area contributed by atoms with Crippen LogP contribution in [0.15, 0.2) is 54.9 Å². The number of hydrogen-bond acceptors (Lipinski definition) is 6. The molecule has 42 heavy (non-hydrogen) atoms. The molecule has 0 spiro atoms. The Balaban J connectivity index is 1.35. The van der Waals surface area contributed by atoms with Gasteiger partial charge in [-0.15, -0.1) is 5.10 Å². The number of carbonyl (C=O) groups excluding carboxylic acids is 2. The third kappa shape index (κ3) is 5.21. The summed E-state index contributed by atoms with van der Waals surface area (Å²) < 4.78 is 24.7. The Kier molecular flexibility index (Phi) is 7.16. The average Bonchev–Trinajstić information content (AvgIpc) is 3.41. The molecule has 2 aromatic heterocycles. The van der Waals surface area contributed by atoms with Crippen molar-refractivity contribution in [3.63, 3.8) is 0 Å². The van der Waals surface area contributed by atoms with Gasteiger partial charge in [-0.1, -0.05) is 43.3 Å². The van der Waals surface area contributed by atoms with Crippen molar-refractivity contribution in [2.45, 2.75) is 51.9 Å². The van der Waals surface area contributed by atoms with E-state index >= 15 is 4.39 Å². The Hall–Kier alpha value is -4.34.